The topological polar surface area (TPSA) is 86.7 Å². The highest BCUT2D eigenvalue weighted by Crippen LogP contribution is 2.64. The number of carboxylic acid groups (broad SMARTS) is 1. The van der Waals surface area contributed by atoms with Crippen LogP contribution in [-0.2, 0) is 15.5 Å². The maximum absolute atomic E-state index is 14.7. The summed E-state index contributed by atoms with van der Waals surface area (Å²) in [5.41, 5.74) is -1.25. The van der Waals surface area contributed by atoms with E-state index in [4.69, 9.17) is 0 Å². The molecule has 2 fully saturated rings. The second kappa shape index (κ2) is 7.50. The predicted octanol–water partition coefficient (Wildman–Crippen LogP) is 3.93. The van der Waals surface area contributed by atoms with Gasteiger partial charge in [0.2, 0.25) is 5.91 Å². The lowest BCUT2D eigenvalue weighted by Crippen LogP contribution is -2.47. The van der Waals surface area contributed by atoms with Crippen molar-refractivity contribution in [3.63, 3.8) is 0 Å². The van der Waals surface area contributed by atoms with Gasteiger partial charge < -0.3 is 15.3 Å². The number of piperidine rings is 1. The predicted molar refractivity (Wildman–Crippen MR) is 112 cm³/mol. The molecule has 2 aromatic carbocycles. The number of fused-ring (bicyclic) bond motifs is 4. The van der Waals surface area contributed by atoms with Crippen molar-refractivity contribution in [1.82, 2.24) is 10.2 Å². The molecule has 6 nitrogen and oxygen atoms in total. The third-order valence-electron chi connectivity index (χ3n) is 7.12. The van der Waals surface area contributed by atoms with Gasteiger partial charge in [0, 0.05) is 28.1 Å². The van der Waals surface area contributed by atoms with Crippen molar-refractivity contribution >= 4 is 17.8 Å². The molecule has 2 amide bonds. The number of hydrogen-bond donors (Lipinski definition) is 2. The van der Waals surface area contributed by atoms with Crippen LogP contribution in [-0.4, -0.2) is 52.6 Å². The summed E-state index contributed by atoms with van der Waals surface area (Å²) in [5, 5.41) is 11.8. The van der Waals surface area contributed by atoms with Gasteiger partial charge in [-0.1, -0.05) is 30.3 Å². The fraction of sp³-hybridized carbons (Fsp3) is 0.375. The number of carbonyl (C=O) groups excluding carboxylic acids is 2. The average molecular weight is 494 g/mol. The standard InChI is InChI=1S/C24H19F5N2O4/c25-23(26,27)11-22-8-17(21(34)35)31(18(22)9-22)19(32)10-30-20(33)12-5-6-16-14(7-12)13-3-1-2-4-15(13)24(16,28)29/h1-7,17-18H,8-11H2,(H,30,33)(H,34,35)/t17?,18-,22+/m0/s1. The van der Waals surface area contributed by atoms with Gasteiger partial charge in [-0.05, 0) is 36.1 Å². The Kier molecular flexibility index (Phi) is 4.98. The molecular weight excluding hydrogens is 475 g/mol. The van der Waals surface area contributed by atoms with Gasteiger partial charge in [-0.25, -0.2) is 4.79 Å². The van der Waals surface area contributed by atoms with E-state index in [1.165, 1.54) is 30.3 Å². The Hall–Kier alpha value is -3.50. The molecule has 0 aromatic heterocycles. The number of nitrogens with zero attached hydrogens (tertiary/aromatic N) is 1. The van der Waals surface area contributed by atoms with Gasteiger partial charge in [-0.3, -0.25) is 9.59 Å². The lowest BCUT2D eigenvalue weighted by atomic mass is 9.95. The van der Waals surface area contributed by atoms with Gasteiger partial charge in [-0.15, -0.1) is 0 Å². The lowest BCUT2D eigenvalue weighted by molar-refractivity contribution is -0.150. The van der Waals surface area contributed by atoms with Crippen LogP contribution in [0.4, 0.5) is 22.0 Å². The van der Waals surface area contributed by atoms with Crippen molar-refractivity contribution in [3.05, 3.63) is 59.2 Å². The molecule has 3 aliphatic rings. The summed E-state index contributed by atoms with van der Waals surface area (Å²) in [6.07, 6.45) is -5.92. The molecule has 2 aromatic rings. The Morgan fingerprint density at radius 1 is 1.03 bits per heavy atom. The van der Waals surface area contributed by atoms with E-state index in [0.717, 1.165) is 11.0 Å². The molecule has 1 heterocycles. The molecule has 0 bridgehead atoms. The molecule has 5 rings (SSSR count). The van der Waals surface area contributed by atoms with Crippen LogP contribution in [0.5, 0.6) is 0 Å². The van der Waals surface area contributed by atoms with E-state index in [1.54, 1.807) is 6.07 Å². The van der Waals surface area contributed by atoms with Crippen molar-refractivity contribution in [2.75, 3.05) is 6.54 Å². The Labute approximate surface area is 195 Å². The molecule has 1 aliphatic heterocycles. The van der Waals surface area contributed by atoms with E-state index in [9.17, 15) is 41.4 Å². The molecule has 0 spiro atoms. The van der Waals surface area contributed by atoms with Crippen LogP contribution in [0.15, 0.2) is 42.5 Å². The molecule has 2 aliphatic carbocycles. The number of carboxylic acids is 1. The summed E-state index contributed by atoms with van der Waals surface area (Å²) in [6.45, 7) is -0.634. The van der Waals surface area contributed by atoms with Gasteiger partial charge in [0.05, 0.1) is 13.0 Å². The number of halogens is 5. The Balaban J connectivity index is 1.30. The first-order valence-electron chi connectivity index (χ1n) is 10.9. The smallest absolute Gasteiger partial charge is 0.389 e. The number of nitrogens with one attached hydrogen (secondary N) is 1. The first-order valence-corrected chi connectivity index (χ1v) is 10.9. The maximum atomic E-state index is 14.7. The minimum atomic E-state index is -4.49. The van der Waals surface area contributed by atoms with Crippen LogP contribution in [0.3, 0.4) is 0 Å². The van der Waals surface area contributed by atoms with Crippen LogP contribution in [0.1, 0.15) is 40.7 Å². The molecule has 1 unspecified atom stereocenters. The number of rotatable bonds is 5. The number of hydrogen-bond acceptors (Lipinski definition) is 3. The van der Waals surface area contributed by atoms with E-state index in [-0.39, 0.29) is 40.7 Å². The van der Waals surface area contributed by atoms with Crippen molar-refractivity contribution in [2.45, 2.75) is 43.4 Å². The molecule has 184 valence electrons. The zero-order chi connectivity index (χ0) is 25.3. The molecule has 35 heavy (non-hydrogen) atoms. The van der Waals surface area contributed by atoms with E-state index < -0.39 is 60.3 Å². The van der Waals surface area contributed by atoms with Crippen LogP contribution in [0.2, 0.25) is 0 Å². The highest BCUT2D eigenvalue weighted by Gasteiger charge is 2.69. The largest absolute Gasteiger partial charge is 0.480 e. The number of aliphatic carboxylic acids is 1. The van der Waals surface area contributed by atoms with Gasteiger partial charge in [-0.2, -0.15) is 22.0 Å². The first-order chi connectivity index (χ1) is 16.3. The Morgan fingerprint density at radius 3 is 2.40 bits per heavy atom. The monoisotopic (exact) mass is 494 g/mol. The molecule has 1 saturated carbocycles. The summed E-state index contributed by atoms with van der Waals surface area (Å²) >= 11 is 0. The molecule has 2 N–H and O–H groups in total. The number of amides is 2. The highest BCUT2D eigenvalue weighted by atomic mass is 19.4. The number of likely N-dealkylation sites (tertiary alicyclic amines) is 1. The van der Waals surface area contributed by atoms with Crippen LogP contribution in [0, 0.1) is 5.41 Å². The molecule has 1 saturated heterocycles. The highest BCUT2D eigenvalue weighted by molar-refractivity contribution is 5.99. The summed E-state index contributed by atoms with van der Waals surface area (Å²) in [6, 6.07) is 7.28. The van der Waals surface area contributed by atoms with Gasteiger partial charge >= 0.3 is 12.1 Å². The van der Waals surface area contributed by atoms with Crippen LogP contribution in [0.25, 0.3) is 11.1 Å². The third kappa shape index (κ3) is 3.73. The molecular formula is C24H19F5N2O4. The quantitative estimate of drug-likeness (QED) is 0.617. The molecule has 0 radical (unpaired) electrons. The lowest BCUT2D eigenvalue weighted by Gasteiger charge is -2.24. The van der Waals surface area contributed by atoms with E-state index in [2.05, 4.69) is 5.32 Å². The van der Waals surface area contributed by atoms with E-state index in [0.29, 0.717) is 0 Å². The fourth-order valence-corrected chi connectivity index (χ4v) is 5.52. The zero-order valence-corrected chi connectivity index (χ0v) is 18.0. The second-order valence-corrected chi connectivity index (χ2v) is 9.30. The van der Waals surface area contributed by atoms with Crippen molar-refractivity contribution in [3.8, 4) is 11.1 Å². The van der Waals surface area contributed by atoms with Gasteiger partial charge in [0.1, 0.15) is 6.04 Å². The number of alkyl halides is 5. The fourth-order valence-electron chi connectivity index (χ4n) is 5.52. The first kappa shape index (κ1) is 23.3. The summed E-state index contributed by atoms with van der Waals surface area (Å²) in [4.78, 5) is 37.9. The van der Waals surface area contributed by atoms with Crippen LogP contribution >= 0.6 is 0 Å². The number of benzene rings is 2. The average Bonchev–Trinajstić information content (AvgIpc) is 3.28. The minimum Gasteiger partial charge on any atom is -0.480 e. The Bertz CT molecular complexity index is 1260. The van der Waals surface area contributed by atoms with E-state index >= 15 is 0 Å². The van der Waals surface area contributed by atoms with Crippen LogP contribution < -0.4 is 5.32 Å². The maximum Gasteiger partial charge on any atom is 0.389 e. The summed E-state index contributed by atoms with van der Waals surface area (Å²) in [5.74, 6) is -6.18. The molecule has 3 atom stereocenters. The minimum absolute atomic E-state index is 0.0121. The zero-order valence-electron chi connectivity index (χ0n) is 18.0. The second-order valence-electron chi connectivity index (χ2n) is 9.30. The van der Waals surface area contributed by atoms with Crippen molar-refractivity contribution < 1.29 is 41.4 Å². The molecule has 11 heteroatoms. The normalized spacial score (nSPS) is 25.5. The van der Waals surface area contributed by atoms with Crippen molar-refractivity contribution in [2.24, 2.45) is 5.41 Å². The van der Waals surface area contributed by atoms with Gasteiger partial charge in [0.15, 0.2) is 0 Å². The third-order valence-corrected chi connectivity index (χ3v) is 7.12. The number of carbonyl (C=O) groups is 3. The van der Waals surface area contributed by atoms with Gasteiger partial charge in [0.25, 0.3) is 11.8 Å². The van der Waals surface area contributed by atoms with Crippen molar-refractivity contribution in [1.29, 1.82) is 0 Å². The summed E-state index contributed by atoms with van der Waals surface area (Å²) in [7, 11) is 0. The SMILES string of the molecule is O=C(NCC(=O)N1C(C(=O)O)C[C@]2(CC(F)(F)F)C[C@H]12)c1ccc2c(c1)-c1ccccc1C2(F)F. The summed E-state index contributed by atoms with van der Waals surface area (Å²) < 4.78 is 68.3. The Morgan fingerprint density at radius 2 is 1.71 bits per heavy atom. The van der Waals surface area contributed by atoms with E-state index in [1.807, 2.05) is 0 Å².